The molecule has 2 aromatic rings. The number of esters is 1. The highest BCUT2D eigenvalue weighted by Gasteiger charge is 2.14. The van der Waals surface area contributed by atoms with Gasteiger partial charge in [0.05, 0.1) is 12.7 Å². The zero-order valence-corrected chi connectivity index (χ0v) is 9.22. The molecule has 0 unspecified atom stereocenters. The number of fused-ring (bicyclic) bond motifs is 1. The first-order valence-corrected chi connectivity index (χ1v) is 4.97. The van der Waals surface area contributed by atoms with Gasteiger partial charge in [-0.15, -0.1) is 0 Å². The minimum absolute atomic E-state index is 0.0719. The summed E-state index contributed by atoms with van der Waals surface area (Å²) in [5.41, 5.74) is -0.0719. The minimum Gasteiger partial charge on any atom is -0.465 e. The van der Waals surface area contributed by atoms with Crippen molar-refractivity contribution in [3.8, 4) is 0 Å². The third-order valence-corrected chi connectivity index (χ3v) is 2.56. The van der Waals surface area contributed by atoms with Gasteiger partial charge in [0.2, 0.25) is 0 Å². The van der Waals surface area contributed by atoms with Crippen LogP contribution in [-0.2, 0) is 4.74 Å². The molecule has 0 saturated heterocycles. The molecule has 2 rings (SSSR count). The zero-order chi connectivity index (χ0) is 11.7. The van der Waals surface area contributed by atoms with Gasteiger partial charge >= 0.3 is 5.97 Å². The molecule has 16 heavy (non-hydrogen) atoms. The van der Waals surface area contributed by atoms with Gasteiger partial charge in [0.25, 0.3) is 0 Å². The van der Waals surface area contributed by atoms with Crippen molar-refractivity contribution in [1.29, 1.82) is 0 Å². The fourth-order valence-corrected chi connectivity index (χ4v) is 1.71. The number of halogens is 2. The maximum atomic E-state index is 13.9. The summed E-state index contributed by atoms with van der Waals surface area (Å²) in [5.74, 6) is -1.27. The van der Waals surface area contributed by atoms with Crippen molar-refractivity contribution in [2.24, 2.45) is 0 Å². The fraction of sp³-hybridized carbons (Fsp3) is 0.0833. The Morgan fingerprint density at radius 1 is 1.31 bits per heavy atom. The molecule has 0 saturated carbocycles. The van der Waals surface area contributed by atoms with Crippen LogP contribution in [0.3, 0.4) is 0 Å². The van der Waals surface area contributed by atoms with Crippen molar-refractivity contribution in [3.05, 3.63) is 46.7 Å². The highest BCUT2D eigenvalue weighted by atomic mass is 35.5. The Kier molecular flexibility index (Phi) is 2.79. The third-order valence-electron chi connectivity index (χ3n) is 2.32. The van der Waals surface area contributed by atoms with E-state index in [1.165, 1.54) is 13.2 Å². The first kappa shape index (κ1) is 10.9. The molecule has 0 fully saturated rings. The second kappa shape index (κ2) is 4.10. The van der Waals surface area contributed by atoms with E-state index < -0.39 is 11.8 Å². The Balaban J connectivity index is 2.70. The van der Waals surface area contributed by atoms with Crippen LogP contribution in [0.1, 0.15) is 10.4 Å². The Bertz CT molecular complexity index is 566. The van der Waals surface area contributed by atoms with E-state index in [2.05, 4.69) is 4.74 Å². The van der Waals surface area contributed by atoms with Crippen LogP contribution in [0.2, 0.25) is 5.02 Å². The quantitative estimate of drug-likeness (QED) is 0.712. The van der Waals surface area contributed by atoms with Crippen LogP contribution in [0, 0.1) is 5.82 Å². The van der Waals surface area contributed by atoms with Crippen molar-refractivity contribution >= 4 is 28.3 Å². The van der Waals surface area contributed by atoms with Gasteiger partial charge < -0.3 is 4.74 Å². The van der Waals surface area contributed by atoms with E-state index in [4.69, 9.17) is 11.6 Å². The Morgan fingerprint density at radius 3 is 2.75 bits per heavy atom. The van der Waals surface area contributed by atoms with Crippen LogP contribution in [0.25, 0.3) is 10.8 Å². The Labute approximate surface area is 96.6 Å². The summed E-state index contributed by atoms with van der Waals surface area (Å²) in [6.07, 6.45) is 0. The molecule has 0 aliphatic heterocycles. The molecule has 0 N–H and O–H groups in total. The van der Waals surface area contributed by atoms with Crippen LogP contribution in [0.4, 0.5) is 4.39 Å². The molecule has 0 radical (unpaired) electrons. The zero-order valence-electron chi connectivity index (χ0n) is 8.46. The van der Waals surface area contributed by atoms with Gasteiger partial charge in [-0.25, -0.2) is 9.18 Å². The lowest BCUT2D eigenvalue weighted by molar-refractivity contribution is 0.0596. The van der Waals surface area contributed by atoms with Crippen LogP contribution < -0.4 is 0 Å². The van der Waals surface area contributed by atoms with Crippen molar-refractivity contribution in [3.63, 3.8) is 0 Å². The summed E-state index contributed by atoms with van der Waals surface area (Å²) in [5, 5.41) is 1.53. The molecule has 0 aliphatic rings. The van der Waals surface area contributed by atoms with Crippen molar-refractivity contribution in [1.82, 2.24) is 0 Å². The van der Waals surface area contributed by atoms with Crippen molar-refractivity contribution in [2.75, 3.05) is 7.11 Å². The molecule has 0 atom stereocenters. The Hall–Kier alpha value is -1.61. The molecule has 4 heteroatoms. The highest BCUT2D eigenvalue weighted by molar-refractivity contribution is 6.31. The maximum absolute atomic E-state index is 13.9. The van der Waals surface area contributed by atoms with Gasteiger partial charge in [0.15, 0.2) is 0 Å². The third kappa shape index (κ3) is 1.74. The molecule has 82 valence electrons. The summed E-state index contributed by atoms with van der Waals surface area (Å²) >= 11 is 5.79. The lowest BCUT2D eigenvalue weighted by Gasteiger charge is -2.05. The minimum atomic E-state index is -0.686. The van der Waals surface area contributed by atoms with E-state index in [1.807, 2.05) is 0 Å². The number of hydrogen-bond donors (Lipinski definition) is 0. The fourth-order valence-electron chi connectivity index (χ4n) is 1.53. The van der Waals surface area contributed by atoms with Gasteiger partial charge in [-0.3, -0.25) is 0 Å². The second-order valence-electron chi connectivity index (χ2n) is 3.28. The SMILES string of the molecule is COC(=O)c1ccc2cc(Cl)ccc2c1F. The first-order valence-electron chi connectivity index (χ1n) is 4.59. The van der Waals surface area contributed by atoms with E-state index >= 15 is 0 Å². The number of ether oxygens (including phenoxy) is 1. The van der Waals surface area contributed by atoms with E-state index in [9.17, 15) is 9.18 Å². The predicted octanol–water partition coefficient (Wildman–Crippen LogP) is 3.42. The number of carbonyl (C=O) groups excluding carboxylic acids is 1. The topological polar surface area (TPSA) is 26.3 Å². The average Bonchev–Trinajstić information content (AvgIpc) is 2.28. The van der Waals surface area contributed by atoms with Gasteiger partial charge in [-0.2, -0.15) is 0 Å². The summed E-state index contributed by atoms with van der Waals surface area (Å²) in [6.45, 7) is 0. The van der Waals surface area contributed by atoms with E-state index in [0.29, 0.717) is 15.8 Å². The van der Waals surface area contributed by atoms with Crippen LogP contribution >= 0.6 is 11.6 Å². The molecule has 0 bridgehead atoms. The first-order chi connectivity index (χ1) is 7.63. The number of methoxy groups -OCH3 is 1. The van der Waals surface area contributed by atoms with Crippen LogP contribution in [-0.4, -0.2) is 13.1 Å². The van der Waals surface area contributed by atoms with Gasteiger partial charge in [-0.05, 0) is 29.7 Å². The highest BCUT2D eigenvalue weighted by Crippen LogP contribution is 2.24. The molecule has 0 heterocycles. The van der Waals surface area contributed by atoms with Crippen LogP contribution in [0.15, 0.2) is 30.3 Å². The lowest BCUT2D eigenvalue weighted by atomic mass is 10.1. The molecule has 0 aromatic heterocycles. The van der Waals surface area contributed by atoms with E-state index in [1.54, 1.807) is 24.3 Å². The standard InChI is InChI=1S/C12H8ClFO2/c1-16-12(15)10-4-2-7-6-8(13)3-5-9(7)11(10)14/h2-6H,1H3. The summed E-state index contributed by atoms with van der Waals surface area (Å²) in [4.78, 5) is 11.3. The number of benzene rings is 2. The molecular weight excluding hydrogens is 231 g/mol. The van der Waals surface area contributed by atoms with Gasteiger partial charge in [0, 0.05) is 10.4 Å². The Morgan fingerprint density at radius 2 is 2.06 bits per heavy atom. The predicted molar refractivity (Wildman–Crippen MR) is 60.3 cm³/mol. The second-order valence-corrected chi connectivity index (χ2v) is 3.72. The molecular formula is C12H8ClFO2. The number of hydrogen-bond acceptors (Lipinski definition) is 2. The summed E-state index contributed by atoms with van der Waals surface area (Å²) in [7, 11) is 1.22. The molecule has 0 spiro atoms. The average molecular weight is 239 g/mol. The number of rotatable bonds is 1. The van der Waals surface area contributed by atoms with E-state index in [0.717, 1.165) is 0 Å². The monoisotopic (exact) mass is 238 g/mol. The number of carbonyl (C=O) groups is 1. The van der Waals surface area contributed by atoms with Gasteiger partial charge in [0.1, 0.15) is 5.82 Å². The van der Waals surface area contributed by atoms with Crippen molar-refractivity contribution in [2.45, 2.75) is 0 Å². The molecule has 2 aromatic carbocycles. The normalized spacial score (nSPS) is 10.4. The largest absolute Gasteiger partial charge is 0.465 e. The molecule has 0 aliphatic carbocycles. The summed E-state index contributed by atoms with van der Waals surface area (Å²) in [6, 6.07) is 7.78. The van der Waals surface area contributed by atoms with Crippen molar-refractivity contribution < 1.29 is 13.9 Å². The molecule has 2 nitrogen and oxygen atoms in total. The summed E-state index contributed by atoms with van der Waals surface area (Å²) < 4.78 is 18.4. The molecule has 0 amide bonds. The smallest absolute Gasteiger partial charge is 0.340 e. The van der Waals surface area contributed by atoms with Gasteiger partial charge in [-0.1, -0.05) is 17.7 Å². The maximum Gasteiger partial charge on any atom is 0.340 e. The van der Waals surface area contributed by atoms with Crippen LogP contribution in [0.5, 0.6) is 0 Å². The van der Waals surface area contributed by atoms with E-state index in [-0.39, 0.29) is 5.56 Å². The lowest BCUT2D eigenvalue weighted by Crippen LogP contribution is -2.04.